The molecule has 0 bridgehead atoms. The van der Waals surface area contributed by atoms with E-state index in [1.165, 1.54) is 96.3 Å². The van der Waals surface area contributed by atoms with Gasteiger partial charge in [0.1, 0.15) is 0 Å². The predicted molar refractivity (Wildman–Crippen MR) is 121 cm³/mol. The number of piperazine rings is 1. The lowest BCUT2D eigenvalue weighted by Gasteiger charge is -2.41. The van der Waals surface area contributed by atoms with Crippen LogP contribution in [0, 0.1) is 5.41 Å². The van der Waals surface area contributed by atoms with Crippen molar-refractivity contribution >= 4 is 0 Å². The molecule has 0 spiro atoms. The summed E-state index contributed by atoms with van der Waals surface area (Å²) in [6.45, 7) is 11.5. The van der Waals surface area contributed by atoms with Crippen LogP contribution in [-0.2, 0) is 0 Å². The van der Waals surface area contributed by atoms with Gasteiger partial charge in [0, 0.05) is 25.2 Å². The van der Waals surface area contributed by atoms with E-state index >= 15 is 0 Å². The first-order valence-electron chi connectivity index (χ1n) is 12.2. The van der Waals surface area contributed by atoms with Crippen LogP contribution >= 0.6 is 0 Å². The van der Waals surface area contributed by atoms with Gasteiger partial charge >= 0.3 is 0 Å². The van der Waals surface area contributed by atoms with Crippen molar-refractivity contribution in [2.24, 2.45) is 11.3 Å². The first-order valence-corrected chi connectivity index (χ1v) is 12.2. The van der Waals surface area contributed by atoms with Crippen LogP contribution in [0.25, 0.3) is 0 Å². The lowest BCUT2D eigenvalue weighted by Crippen LogP contribution is -2.59. The number of nitrogens with zero attached hydrogens (tertiary/aromatic N) is 1. The van der Waals surface area contributed by atoms with E-state index in [1.807, 2.05) is 0 Å². The summed E-state index contributed by atoms with van der Waals surface area (Å²) in [5, 5.41) is 5.95. The maximum absolute atomic E-state index is 6.45. The average Bonchev–Trinajstić information content (AvgIpc) is 2.63. The molecule has 3 heteroatoms. The summed E-state index contributed by atoms with van der Waals surface area (Å²) in [6.07, 6.45) is 20.5. The van der Waals surface area contributed by atoms with Gasteiger partial charge in [-0.2, -0.15) is 0 Å². The summed E-state index contributed by atoms with van der Waals surface area (Å²) < 4.78 is 0. The van der Waals surface area contributed by atoms with Gasteiger partial charge in [-0.3, -0.25) is 5.84 Å². The number of nitrogens with one attached hydrogen (secondary N) is 1. The smallest absolute Gasteiger partial charge is 0.0371 e. The number of hydrogen-bond acceptors (Lipinski definition) is 3. The van der Waals surface area contributed by atoms with Crippen LogP contribution in [-0.4, -0.2) is 30.2 Å². The van der Waals surface area contributed by atoms with E-state index in [9.17, 15) is 0 Å². The van der Waals surface area contributed by atoms with Crippen molar-refractivity contribution in [1.82, 2.24) is 10.3 Å². The van der Waals surface area contributed by atoms with Gasteiger partial charge in [0.25, 0.3) is 0 Å². The summed E-state index contributed by atoms with van der Waals surface area (Å²) in [7, 11) is 0. The summed E-state index contributed by atoms with van der Waals surface area (Å²) in [6, 6.07) is 1.10. The molecule has 162 valence electrons. The lowest BCUT2D eigenvalue weighted by atomic mass is 9.80. The van der Waals surface area contributed by atoms with Crippen LogP contribution in [0.5, 0.6) is 0 Å². The topological polar surface area (TPSA) is 41.3 Å². The second-order valence-corrected chi connectivity index (χ2v) is 9.90. The maximum atomic E-state index is 6.45. The lowest BCUT2D eigenvalue weighted by molar-refractivity contribution is 0.0866. The summed E-state index contributed by atoms with van der Waals surface area (Å²) >= 11 is 0. The molecule has 0 amide bonds. The monoisotopic (exact) mass is 381 g/mol. The maximum Gasteiger partial charge on any atom is 0.0371 e. The third-order valence-electron chi connectivity index (χ3n) is 6.44. The normalized spacial score (nSPS) is 21.7. The summed E-state index contributed by atoms with van der Waals surface area (Å²) in [5.74, 6) is 6.45. The van der Waals surface area contributed by atoms with Crippen LogP contribution in [0.2, 0.25) is 0 Å². The Hall–Kier alpha value is -0.120. The first kappa shape index (κ1) is 24.9. The van der Waals surface area contributed by atoms with E-state index in [4.69, 9.17) is 5.84 Å². The Bertz CT molecular complexity index is 343. The van der Waals surface area contributed by atoms with Crippen LogP contribution < -0.4 is 11.2 Å². The minimum Gasteiger partial charge on any atom is -0.311 e. The van der Waals surface area contributed by atoms with Gasteiger partial charge in [-0.1, -0.05) is 105 Å². The SMILES string of the molecule is CCCCCCCCC1CN(N)C(CC(C)(C)CCCCCCCC)CN1. The van der Waals surface area contributed by atoms with Crippen molar-refractivity contribution in [3.8, 4) is 0 Å². The van der Waals surface area contributed by atoms with Gasteiger partial charge < -0.3 is 5.32 Å². The number of rotatable bonds is 16. The van der Waals surface area contributed by atoms with Gasteiger partial charge in [-0.15, -0.1) is 0 Å². The fourth-order valence-electron chi connectivity index (χ4n) is 4.57. The van der Waals surface area contributed by atoms with Crippen LogP contribution in [0.4, 0.5) is 0 Å². The molecule has 1 fully saturated rings. The zero-order valence-corrected chi connectivity index (χ0v) is 19.2. The standard InChI is InChI=1S/C24H51N3/c1-5-7-9-11-13-15-17-22-21-27(25)23(20-26-22)19-24(3,4)18-16-14-12-10-8-6-2/h22-23,26H,5-21,25H2,1-4H3. The summed E-state index contributed by atoms with van der Waals surface area (Å²) in [4.78, 5) is 0. The second kappa shape index (κ2) is 14.8. The second-order valence-electron chi connectivity index (χ2n) is 9.90. The van der Waals surface area contributed by atoms with Crippen LogP contribution in [0.1, 0.15) is 124 Å². The molecule has 1 heterocycles. The number of nitrogens with two attached hydrogens (primary N) is 1. The van der Waals surface area contributed by atoms with Crippen molar-refractivity contribution in [1.29, 1.82) is 0 Å². The molecule has 0 saturated carbocycles. The molecule has 2 atom stereocenters. The van der Waals surface area contributed by atoms with Crippen molar-refractivity contribution in [2.75, 3.05) is 13.1 Å². The van der Waals surface area contributed by atoms with Gasteiger partial charge in [0.2, 0.25) is 0 Å². The molecule has 27 heavy (non-hydrogen) atoms. The van der Waals surface area contributed by atoms with E-state index < -0.39 is 0 Å². The molecule has 0 aliphatic carbocycles. The van der Waals surface area contributed by atoms with Crippen LogP contribution in [0.3, 0.4) is 0 Å². The highest BCUT2D eigenvalue weighted by Crippen LogP contribution is 2.31. The average molecular weight is 382 g/mol. The Morgan fingerprint density at radius 3 is 2.00 bits per heavy atom. The molecule has 2 unspecified atom stereocenters. The van der Waals surface area contributed by atoms with Gasteiger partial charge in [0.15, 0.2) is 0 Å². The van der Waals surface area contributed by atoms with Gasteiger partial charge in [0.05, 0.1) is 0 Å². The largest absolute Gasteiger partial charge is 0.311 e. The molecule has 1 aliphatic heterocycles. The Balaban J connectivity index is 2.16. The Kier molecular flexibility index (Phi) is 13.7. The Morgan fingerprint density at radius 2 is 1.41 bits per heavy atom. The Labute approximate surface area is 171 Å². The highest BCUT2D eigenvalue weighted by Gasteiger charge is 2.30. The molecule has 3 nitrogen and oxygen atoms in total. The van der Waals surface area contributed by atoms with E-state index in [0.29, 0.717) is 17.5 Å². The molecular weight excluding hydrogens is 330 g/mol. The van der Waals surface area contributed by atoms with E-state index in [-0.39, 0.29) is 0 Å². The van der Waals surface area contributed by atoms with Crippen molar-refractivity contribution in [2.45, 2.75) is 136 Å². The minimum atomic E-state index is 0.404. The van der Waals surface area contributed by atoms with Crippen molar-refractivity contribution in [3.05, 3.63) is 0 Å². The van der Waals surface area contributed by atoms with E-state index in [0.717, 1.165) is 13.1 Å². The molecule has 1 saturated heterocycles. The fourth-order valence-corrected chi connectivity index (χ4v) is 4.57. The minimum absolute atomic E-state index is 0.404. The van der Waals surface area contributed by atoms with Crippen molar-refractivity contribution < 1.29 is 0 Å². The molecule has 0 aromatic rings. The van der Waals surface area contributed by atoms with E-state index in [1.54, 1.807) is 0 Å². The third kappa shape index (κ3) is 12.1. The molecule has 0 radical (unpaired) electrons. The number of hydrazine groups is 1. The molecule has 1 rings (SSSR count). The van der Waals surface area contributed by atoms with Gasteiger partial charge in [-0.05, 0) is 24.7 Å². The van der Waals surface area contributed by atoms with Crippen molar-refractivity contribution in [3.63, 3.8) is 0 Å². The molecule has 0 aromatic carbocycles. The fraction of sp³-hybridized carbons (Fsp3) is 1.00. The number of unbranched alkanes of at least 4 members (excludes halogenated alkanes) is 10. The Morgan fingerprint density at radius 1 is 0.852 bits per heavy atom. The zero-order valence-electron chi connectivity index (χ0n) is 19.2. The third-order valence-corrected chi connectivity index (χ3v) is 6.44. The summed E-state index contributed by atoms with van der Waals surface area (Å²) in [5.41, 5.74) is 0.404. The first-order chi connectivity index (χ1) is 13.0. The number of hydrogen-bond donors (Lipinski definition) is 2. The quantitative estimate of drug-likeness (QED) is 0.239. The molecule has 3 N–H and O–H groups in total. The highest BCUT2D eigenvalue weighted by molar-refractivity contribution is 4.87. The van der Waals surface area contributed by atoms with E-state index in [2.05, 4.69) is 38.0 Å². The molecule has 1 aliphatic rings. The predicted octanol–water partition coefficient (Wildman–Crippen LogP) is 6.42. The zero-order chi connectivity index (χ0) is 20.0. The van der Waals surface area contributed by atoms with Crippen LogP contribution in [0.15, 0.2) is 0 Å². The molecular formula is C24H51N3. The van der Waals surface area contributed by atoms with Gasteiger partial charge in [-0.25, -0.2) is 5.01 Å². The molecule has 0 aromatic heterocycles. The highest BCUT2D eigenvalue weighted by atomic mass is 15.4.